The zero-order chi connectivity index (χ0) is 15.1. The Kier molecular flexibility index (Phi) is 3.21. The fraction of sp³-hybridized carbons (Fsp3) is 0.412. The molecular formula is C17H18FN3O. The maximum atomic E-state index is 13.4. The van der Waals surface area contributed by atoms with Gasteiger partial charge in [-0.15, -0.1) is 0 Å². The molecule has 1 saturated carbocycles. The Bertz CT molecular complexity index is 729. The summed E-state index contributed by atoms with van der Waals surface area (Å²) in [6.45, 7) is 0.846. The molecule has 0 bridgehead atoms. The molecule has 1 aromatic carbocycles. The van der Waals surface area contributed by atoms with Gasteiger partial charge in [-0.2, -0.15) is 0 Å². The first-order chi connectivity index (χ1) is 10.7. The minimum absolute atomic E-state index is 0.118. The summed E-state index contributed by atoms with van der Waals surface area (Å²) >= 11 is 0. The van der Waals surface area contributed by atoms with Crippen molar-refractivity contribution in [1.82, 2.24) is 10.3 Å². The zero-order valence-corrected chi connectivity index (χ0v) is 12.3. The quantitative estimate of drug-likeness (QED) is 0.947. The molecule has 2 aromatic rings. The third-order valence-electron chi connectivity index (χ3n) is 4.47. The molecule has 4 nitrogen and oxygen atoms in total. The molecule has 2 fully saturated rings. The van der Waals surface area contributed by atoms with Crippen molar-refractivity contribution >= 4 is 22.5 Å². The topological polar surface area (TPSA) is 45.2 Å². The molecule has 114 valence electrons. The molecule has 22 heavy (non-hydrogen) atoms. The molecule has 1 atom stereocenters. The summed E-state index contributed by atoms with van der Waals surface area (Å²) in [5.41, 5.74) is 1.60. The van der Waals surface area contributed by atoms with E-state index in [-0.39, 0.29) is 17.8 Å². The van der Waals surface area contributed by atoms with E-state index in [2.05, 4.69) is 15.2 Å². The number of rotatable bonds is 3. The molecule has 1 saturated heterocycles. The Hall–Kier alpha value is -2.17. The van der Waals surface area contributed by atoms with Crippen LogP contribution in [0.4, 0.5) is 10.1 Å². The van der Waals surface area contributed by atoms with Crippen LogP contribution in [0.2, 0.25) is 0 Å². The first-order valence-corrected chi connectivity index (χ1v) is 7.84. The minimum Gasteiger partial charge on any atom is -0.359 e. The number of nitrogens with zero attached hydrogens (tertiary/aromatic N) is 2. The lowest BCUT2D eigenvalue weighted by molar-refractivity contribution is -0.122. The fourth-order valence-corrected chi connectivity index (χ4v) is 3.21. The van der Waals surface area contributed by atoms with Crippen molar-refractivity contribution in [3.8, 4) is 0 Å². The third kappa shape index (κ3) is 2.40. The number of carbonyl (C=O) groups is 1. The van der Waals surface area contributed by atoms with Gasteiger partial charge in [0.1, 0.15) is 11.9 Å². The van der Waals surface area contributed by atoms with Crippen molar-refractivity contribution in [3.63, 3.8) is 0 Å². The largest absolute Gasteiger partial charge is 0.359 e. The molecule has 5 heteroatoms. The minimum atomic E-state index is -0.290. The van der Waals surface area contributed by atoms with Crippen molar-refractivity contribution in [3.05, 3.63) is 36.3 Å². The Labute approximate surface area is 128 Å². The molecule has 0 spiro atoms. The van der Waals surface area contributed by atoms with E-state index in [1.165, 1.54) is 12.1 Å². The van der Waals surface area contributed by atoms with E-state index in [1.807, 2.05) is 6.07 Å². The first kappa shape index (κ1) is 13.5. The van der Waals surface area contributed by atoms with Gasteiger partial charge < -0.3 is 10.2 Å². The summed E-state index contributed by atoms with van der Waals surface area (Å²) in [6, 6.07) is 6.80. The number of benzene rings is 1. The molecule has 1 aliphatic carbocycles. The number of anilines is 1. The Morgan fingerprint density at radius 3 is 2.95 bits per heavy atom. The van der Waals surface area contributed by atoms with E-state index in [0.717, 1.165) is 43.3 Å². The maximum Gasteiger partial charge on any atom is 0.242 e. The Balaban J connectivity index is 1.69. The average molecular weight is 299 g/mol. The number of carbonyl (C=O) groups excluding carboxylic acids is 1. The number of nitrogens with one attached hydrogen (secondary N) is 1. The summed E-state index contributed by atoms with van der Waals surface area (Å²) in [5.74, 6) is -0.173. The summed E-state index contributed by atoms with van der Waals surface area (Å²) < 4.78 is 13.4. The lowest BCUT2D eigenvalue weighted by atomic mass is 10.1. The van der Waals surface area contributed by atoms with Gasteiger partial charge in [-0.1, -0.05) is 0 Å². The molecule has 4 rings (SSSR count). The molecule has 0 unspecified atom stereocenters. The van der Waals surface area contributed by atoms with Crippen LogP contribution in [-0.2, 0) is 4.79 Å². The van der Waals surface area contributed by atoms with Crippen molar-refractivity contribution < 1.29 is 9.18 Å². The summed E-state index contributed by atoms with van der Waals surface area (Å²) in [5, 5.41) is 3.99. The molecule has 2 aliphatic rings. The second kappa shape index (κ2) is 5.23. The van der Waals surface area contributed by atoms with Gasteiger partial charge in [0.25, 0.3) is 0 Å². The van der Waals surface area contributed by atoms with Crippen LogP contribution in [0, 0.1) is 5.82 Å². The zero-order valence-electron chi connectivity index (χ0n) is 12.3. The number of halogens is 1. The van der Waals surface area contributed by atoms with Crippen molar-refractivity contribution in [2.75, 3.05) is 11.4 Å². The highest BCUT2D eigenvalue weighted by atomic mass is 19.1. The summed E-state index contributed by atoms with van der Waals surface area (Å²) in [4.78, 5) is 18.8. The number of hydrogen-bond acceptors (Lipinski definition) is 3. The van der Waals surface area contributed by atoms with E-state index in [0.29, 0.717) is 11.6 Å². The monoisotopic (exact) mass is 299 g/mol. The highest BCUT2D eigenvalue weighted by molar-refractivity contribution is 5.95. The lowest BCUT2D eigenvalue weighted by Gasteiger charge is -2.27. The predicted molar refractivity (Wildman–Crippen MR) is 83.2 cm³/mol. The van der Waals surface area contributed by atoms with Gasteiger partial charge in [0, 0.05) is 35.9 Å². The molecule has 1 N–H and O–H groups in total. The van der Waals surface area contributed by atoms with Gasteiger partial charge in [-0.3, -0.25) is 9.78 Å². The lowest BCUT2D eigenvalue weighted by Crippen LogP contribution is -2.44. The molecule has 2 heterocycles. The van der Waals surface area contributed by atoms with Crippen molar-refractivity contribution in [2.45, 2.75) is 37.8 Å². The third-order valence-corrected chi connectivity index (χ3v) is 4.47. The summed E-state index contributed by atoms with van der Waals surface area (Å²) in [7, 11) is 0. The summed E-state index contributed by atoms with van der Waals surface area (Å²) in [6.07, 6.45) is 5.73. The van der Waals surface area contributed by atoms with Gasteiger partial charge in [-0.05, 0) is 43.9 Å². The number of fused-ring (bicyclic) bond motifs is 1. The van der Waals surface area contributed by atoms with Crippen LogP contribution in [0.3, 0.4) is 0 Å². The van der Waals surface area contributed by atoms with E-state index >= 15 is 0 Å². The van der Waals surface area contributed by atoms with Gasteiger partial charge in [0.2, 0.25) is 5.91 Å². The van der Waals surface area contributed by atoms with Crippen LogP contribution < -0.4 is 10.2 Å². The maximum absolute atomic E-state index is 13.4. The average Bonchev–Trinajstić information content (AvgIpc) is 3.18. The number of hydrogen-bond donors (Lipinski definition) is 1. The van der Waals surface area contributed by atoms with E-state index < -0.39 is 0 Å². The SMILES string of the molecule is O=C(NC1CC1)[C@@H]1CCCN1c1ccnc2cc(F)ccc12. The predicted octanol–water partition coefficient (Wildman–Crippen LogP) is 2.62. The molecule has 1 aromatic heterocycles. The van der Waals surface area contributed by atoms with Crippen molar-refractivity contribution in [1.29, 1.82) is 0 Å². The van der Waals surface area contributed by atoms with Gasteiger partial charge in [0.05, 0.1) is 5.52 Å². The van der Waals surface area contributed by atoms with Crippen LogP contribution in [0.25, 0.3) is 10.9 Å². The van der Waals surface area contributed by atoms with Crippen LogP contribution in [0.5, 0.6) is 0 Å². The molecule has 1 aliphatic heterocycles. The number of amides is 1. The van der Waals surface area contributed by atoms with E-state index in [1.54, 1.807) is 12.3 Å². The fourth-order valence-electron chi connectivity index (χ4n) is 3.21. The molecule has 1 amide bonds. The van der Waals surface area contributed by atoms with Gasteiger partial charge in [0.15, 0.2) is 0 Å². The highest BCUT2D eigenvalue weighted by Gasteiger charge is 2.34. The number of aromatic nitrogens is 1. The van der Waals surface area contributed by atoms with Gasteiger partial charge >= 0.3 is 0 Å². The van der Waals surface area contributed by atoms with Crippen molar-refractivity contribution in [2.24, 2.45) is 0 Å². The second-order valence-electron chi connectivity index (χ2n) is 6.13. The highest BCUT2D eigenvalue weighted by Crippen LogP contribution is 2.32. The molecular weight excluding hydrogens is 281 g/mol. The van der Waals surface area contributed by atoms with E-state index in [9.17, 15) is 9.18 Å². The van der Waals surface area contributed by atoms with Crippen LogP contribution >= 0.6 is 0 Å². The normalized spacial score (nSPS) is 21.3. The standard InChI is InChI=1S/C17H18FN3O/c18-11-3-6-13-14(10-11)19-8-7-15(13)21-9-1-2-16(21)17(22)20-12-4-5-12/h3,6-8,10,12,16H,1-2,4-5,9H2,(H,20,22)/t16-/m0/s1. The smallest absolute Gasteiger partial charge is 0.242 e. The Morgan fingerprint density at radius 1 is 1.27 bits per heavy atom. The first-order valence-electron chi connectivity index (χ1n) is 7.84. The molecule has 0 radical (unpaired) electrons. The van der Waals surface area contributed by atoms with Crippen LogP contribution in [0.1, 0.15) is 25.7 Å². The van der Waals surface area contributed by atoms with Gasteiger partial charge in [-0.25, -0.2) is 4.39 Å². The van der Waals surface area contributed by atoms with Crippen LogP contribution in [-0.4, -0.2) is 29.5 Å². The second-order valence-corrected chi connectivity index (χ2v) is 6.13. The number of pyridine rings is 1. The Morgan fingerprint density at radius 2 is 2.14 bits per heavy atom. The van der Waals surface area contributed by atoms with Crippen LogP contribution in [0.15, 0.2) is 30.5 Å². The van der Waals surface area contributed by atoms with E-state index in [4.69, 9.17) is 0 Å².